The minimum atomic E-state index is -0.450. The van der Waals surface area contributed by atoms with E-state index in [9.17, 15) is 4.79 Å². The lowest BCUT2D eigenvalue weighted by molar-refractivity contribution is 0.00700. The van der Waals surface area contributed by atoms with Gasteiger partial charge in [0, 0.05) is 39.9 Å². The number of carbonyl (C=O) groups is 1. The Balaban J connectivity index is 1.53. The molecular formula is C17H32N4O3. The number of hydrogen-bond acceptors (Lipinski definition) is 4. The van der Waals surface area contributed by atoms with E-state index in [4.69, 9.17) is 9.47 Å². The summed E-state index contributed by atoms with van der Waals surface area (Å²) in [5, 5.41) is 6.60. The third-order valence-electron chi connectivity index (χ3n) is 3.91. The number of amides is 1. The molecule has 0 aromatic heterocycles. The zero-order valence-electron chi connectivity index (χ0n) is 15.4. The van der Waals surface area contributed by atoms with Crippen LogP contribution in [0, 0.1) is 5.92 Å². The molecule has 0 bridgehead atoms. The fourth-order valence-corrected chi connectivity index (χ4v) is 2.35. The molecule has 0 unspecified atom stereocenters. The van der Waals surface area contributed by atoms with Gasteiger partial charge in [0.25, 0.3) is 0 Å². The molecule has 1 amide bonds. The van der Waals surface area contributed by atoms with Crippen LogP contribution in [0.3, 0.4) is 0 Å². The molecule has 2 fully saturated rings. The highest BCUT2D eigenvalue weighted by molar-refractivity contribution is 5.80. The number of ether oxygens (including phenoxy) is 2. The fourth-order valence-electron chi connectivity index (χ4n) is 2.35. The summed E-state index contributed by atoms with van der Waals surface area (Å²) in [4.78, 5) is 17.8. The van der Waals surface area contributed by atoms with Crippen molar-refractivity contribution in [3.8, 4) is 0 Å². The van der Waals surface area contributed by atoms with E-state index >= 15 is 0 Å². The highest BCUT2D eigenvalue weighted by atomic mass is 16.6. The molecule has 1 aliphatic heterocycles. The topological polar surface area (TPSA) is 75.2 Å². The van der Waals surface area contributed by atoms with Gasteiger partial charge < -0.3 is 25.0 Å². The van der Waals surface area contributed by atoms with Gasteiger partial charge in [0.2, 0.25) is 0 Å². The summed E-state index contributed by atoms with van der Waals surface area (Å²) in [5.41, 5.74) is -0.450. The first kappa shape index (κ1) is 18.8. The lowest BCUT2D eigenvalue weighted by Gasteiger charge is -2.40. The van der Waals surface area contributed by atoms with Crippen molar-refractivity contribution in [3.63, 3.8) is 0 Å². The van der Waals surface area contributed by atoms with Crippen LogP contribution in [0.25, 0.3) is 0 Å². The van der Waals surface area contributed by atoms with Gasteiger partial charge in [-0.3, -0.25) is 4.99 Å². The smallest absolute Gasteiger partial charge is 0.410 e. The number of nitrogens with zero attached hydrogens (tertiary/aromatic N) is 2. The standard InChI is InChI=1S/C17H32N4O3/c1-17(2,3)24-16(22)21-10-14(11-21)20-15(18-4)19-8-5-9-23-12-13-6-7-13/h13-14H,5-12H2,1-4H3,(H2,18,19,20). The van der Waals surface area contributed by atoms with Crippen LogP contribution in [-0.2, 0) is 9.47 Å². The Morgan fingerprint density at radius 1 is 1.29 bits per heavy atom. The molecule has 0 aromatic rings. The number of nitrogens with one attached hydrogen (secondary N) is 2. The van der Waals surface area contributed by atoms with E-state index in [0.29, 0.717) is 13.1 Å². The molecule has 0 atom stereocenters. The molecule has 2 aliphatic rings. The maximum atomic E-state index is 11.9. The Hall–Kier alpha value is -1.50. The maximum absolute atomic E-state index is 11.9. The molecule has 7 nitrogen and oxygen atoms in total. The summed E-state index contributed by atoms with van der Waals surface area (Å²) >= 11 is 0. The van der Waals surface area contributed by atoms with Crippen LogP contribution < -0.4 is 10.6 Å². The Morgan fingerprint density at radius 3 is 2.58 bits per heavy atom. The second-order valence-corrected chi connectivity index (χ2v) is 7.60. The van der Waals surface area contributed by atoms with Gasteiger partial charge in [-0.1, -0.05) is 0 Å². The van der Waals surface area contributed by atoms with Crippen molar-refractivity contribution in [2.24, 2.45) is 10.9 Å². The van der Waals surface area contributed by atoms with Crippen molar-refractivity contribution in [2.75, 3.05) is 39.9 Å². The Bertz CT molecular complexity index is 438. The SMILES string of the molecule is CN=C(NCCCOCC1CC1)NC1CN(C(=O)OC(C)(C)C)C1. The Kier molecular flexibility index (Phi) is 6.71. The van der Waals surface area contributed by atoms with E-state index in [1.165, 1.54) is 12.8 Å². The number of likely N-dealkylation sites (tertiary alicyclic amines) is 1. The number of hydrogen-bond donors (Lipinski definition) is 2. The Labute approximate surface area is 145 Å². The van der Waals surface area contributed by atoms with Crippen molar-refractivity contribution >= 4 is 12.1 Å². The van der Waals surface area contributed by atoms with E-state index in [1.807, 2.05) is 20.8 Å². The maximum Gasteiger partial charge on any atom is 0.410 e. The third-order valence-corrected chi connectivity index (χ3v) is 3.91. The van der Waals surface area contributed by atoms with Crippen LogP contribution in [0.5, 0.6) is 0 Å². The molecule has 7 heteroatoms. The predicted octanol–water partition coefficient (Wildman–Crippen LogP) is 1.59. The van der Waals surface area contributed by atoms with E-state index in [1.54, 1.807) is 11.9 Å². The minimum Gasteiger partial charge on any atom is -0.444 e. The third kappa shape index (κ3) is 6.95. The van der Waals surface area contributed by atoms with Gasteiger partial charge in [-0.2, -0.15) is 0 Å². The first-order chi connectivity index (χ1) is 11.4. The second kappa shape index (κ2) is 8.55. The van der Waals surface area contributed by atoms with Crippen molar-refractivity contribution < 1.29 is 14.3 Å². The minimum absolute atomic E-state index is 0.217. The second-order valence-electron chi connectivity index (χ2n) is 7.60. The van der Waals surface area contributed by atoms with Crippen LogP contribution in [0.2, 0.25) is 0 Å². The first-order valence-electron chi connectivity index (χ1n) is 8.90. The molecule has 24 heavy (non-hydrogen) atoms. The summed E-state index contributed by atoms with van der Waals surface area (Å²) in [7, 11) is 1.75. The quantitative estimate of drug-likeness (QED) is 0.418. The summed E-state index contributed by atoms with van der Waals surface area (Å²) in [6.07, 6.45) is 3.37. The molecule has 2 rings (SSSR count). The Morgan fingerprint density at radius 2 is 2.00 bits per heavy atom. The molecule has 1 heterocycles. The van der Waals surface area contributed by atoms with Gasteiger partial charge in [0.15, 0.2) is 5.96 Å². The zero-order valence-corrected chi connectivity index (χ0v) is 15.4. The van der Waals surface area contributed by atoms with E-state index in [-0.39, 0.29) is 12.1 Å². The molecule has 1 saturated carbocycles. The van der Waals surface area contributed by atoms with Crippen LogP contribution in [0.15, 0.2) is 4.99 Å². The van der Waals surface area contributed by atoms with E-state index in [0.717, 1.165) is 38.1 Å². The number of aliphatic imine (C=N–C) groups is 1. The largest absolute Gasteiger partial charge is 0.444 e. The van der Waals surface area contributed by atoms with E-state index < -0.39 is 5.60 Å². The van der Waals surface area contributed by atoms with E-state index in [2.05, 4.69) is 15.6 Å². The number of guanidine groups is 1. The zero-order chi connectivity index (χ0) is 17.6. The molecule has 0 radical (unpaired) electrons. The highest BCUT2D eigenvalue weighted by Gasteiger charge is 2.34. The molecule has 2 N–H and O–H groups in total. The highest BCUT2D eigenvalue weighted by Crippen LogP contribution is 2.28. The van der Waals surface area contributed by atoms with Gasteiger partial charge in [0.05, 0.1) is 6.04 Å². The average molecular weight is 340 g/mol. The summed E-state index contributed by atoms with van der Waals surface area (Å²) in [6, 6.07) is 0.217. The van der Waals surface area contributed by atoms with Gasteiger partial charge >= 0.3 is 6.09 Å². The van der Waals surface area contributed by atoms with Crippen molar-refractivity contribution in [3.05, 3.63) is 0 Å². The molecule has 0 aromatic carbocycles. The van der Waals surface area contributed by atoms with Gasteiger partial charge in [-0.25, -0.2) is 4.79 Å². The monoisotopic (exact) mass is 340 g/mol. The lowest BCUT2D eigenvalue weighted by Crippen LogP contribution is -2.63. The number of carbonyl (C=O) groups excluding carboxylic acids is 1. The summed E-state index contributed by atoms with van der Waals surface area (Å²) in [6.45, 7) is 9.43. The molecule has 1 saturated heterocycles. The van der Waals surface area contributed by atoms with Crippen molar-refractivity contribution in [1.82, 2.24) is 15.5 Å². The summed E-state index contributed by atoms with van der Waals surface area (Å²) < 4.78 is 11.0. The summed E-state index contributed by atoms with van der Waals surface area (Å²) in [5.74, 6) is 1.59. The average Bonchev–Trinajstić information content (AvgIpc) is 3.25. The van der Waals surface area contributed by atoms with Gasteiger partial charge in [0.1, 0.15) is 5.60 Å². The predicted molar refractivity (Wildman–Crippen MR) is 94.3 cm³/mol. The first-order valence-corrected chi connectivity index (χ1v) is 8.90. The molecule has 0 spiro atoms. The normalized spacial score (nSPS) is 19.0. The molecule has 1 aliphatic carbocycles. The van der Waals surface area contributed by atoms with Crippen molar-refractivity contribution in [1.29, 1.82) is 0 Å². The van der Waals surface area contributed by atoms with Crippen LogP contribution in [0.1, 0.15) is 40.0 Å². The van der Waals surface area contributed by atoms with Crippen LogP contribution in [-0.4, -0.2) is 68.5 Å². The molecular weight excluding hydrogens is 308 g/mol. The van der Waals surface area contributed by atoms with Crippen LogP contribution >= 0.6 is 0 Å². The molecule has 138 valence electrons. The van der Waals surface area contributed by atoms with Crippen LogP contribution in [0.4, 0.5) is 4.79 Å². The fraction of sp³-hybridized carbons (Fsp3) is 0.882. The number of rotatable bonds is 7. The van der Waals surface area contributed by atoms with Crippen molar-refractivity contribution in [2.45, 2.75) is 51.7 Å². The van der Waals surface area contributed by atoms with Gasteiger partial charge in [-0.05, 0) is 46.0 Å². The van der Waals surface area contributed by atoms with Gasteiger partial charge in [-0.15, -0.1) is 0 Å². The lowest BCUT2D eigenvalue weighted by atomic mass is 10.1.